The predicted octanol–water partition coefficient (Wildman–Crippen LogP) is 4.36. The molecule has 4 aromatic heterocycles. The summed E-state index contributed by atoms with van der Waals surface area (Å²) in [5.74, 6) is 0.347. The first-order valence-corrected chi connectivity index (χ1v) is 9.54. The van der Waals surface area contributed by atoms with Crippen LogP contribution >= 0.6 is 11.8 Å². The number of anilines is 2. The van der Waals surface area contributed by atoms with E-state index in [9.17, 15) is 0 Å². The van der Waals surface area contributed by atoms with Crippen molar-refractivity contribution in [2.24, 2.45) is 0 Å². The second-order valence-electron chi connectivity index (χ2n) is 5.88. The molecule has 0 spiro atoms. The summed E-state index contributed by atoms with van der Waals surface area (Å²) in [6.07, 6.45) is 10.3. The van der Waals surface area contributed by atoms with Crippen molar-refractivity contribution in [3.05, 3.63) is 61.6 Å². The van der Waals surface area contributed by atoms with Crippen molar-refractivity contribution in [1.82, 2.24) is 19.9 Å². The first-order chi connectivity index (χ1) is 13.8. The van der Waals surface area contributed by atoms with Crippen LogP contribution in [0.25, 0.3) is 22.5 Å². The molecule has 0 aromatic carbocycles. The van der Waals surface area contributed by atoms with Gasteiger partial charge in [0, 0.05) is 42.5 Å². The third-order valence-electron chi connectivity index (χ3n) is 3.96. The first-order valence-electron chi connectivity index (χ1n) is 8.72. The van der Waals surface area contributed by atoms with Crippen LogP contribution in [0.2, 0.25) is 0 Å². The zero-order valence-electron chi connectivity index (χ0n) is 15.2. The summed E-state index contributed by atoms with van der Waals surface area (Å²) in [6.45, 7) is 2.81. The van der Waals surface area contributed by atoms with E-state index in [0.29, 0.717) is 22.2 Å². The molecule has 4 rings (SSSR count). The molecule has 8 heteroatoms. The van der Waals surface area contributed by atoms with E-state index < -0.39 is 0 Å². The number of pyridine rings is 2. The van der Waals surface area contributed by atoms with Gasteiger partial charge in [0.15, 0.2) is 5.82 Å². The number of nitrogens with one attached hydrogen (secondary N) is 1. The van der Waals surface area contributed by atoms with Crippen molar-refractivity contribution in [2.45, 2.75) is 16.8 Å². The van der Waals surface area contributed by atoms with Crippen LogP contribution in [0.4, 0.5) is 11.5 Å². The topological polar surface area (TPSA) is 103 Å². The number of aromatic nitrogens is 4. The lowest BCUT2D eigenvalue weighted by molar-refractivity contribution is 0.562. The Labute approximate surface area is 166 Å². The Morgan fingerprint density at radius 2 is 1.68 bits per heavy atom. The minimum Gasteiger partial charge on any atom is -0.469 e. The fourth-order valence-corrected chi connectivity index (χ4v) is 3.53. The summed E-state index contributed by atoms with van der Waals surface area (Å²) < 4.78 is 5.33. The van der Waals surface area contributed by atoms with E-state index in [4.69, 9.17) is 15.1 Å². The Kier molecular flexibility index (Phi) is 5.20. The van der Waals surface area contributed by atoms with Gasteiger partial charge in [-0.3, -0.25) is 9.97 Å². The van der Waals surface area contributed by atoms with E-state index in [1.54, 1.807) is 37.3 Å². The summed E-state index contributed by atoms with van der Waals surface area (Å²) in [6, 6.07) is 7.61. The van der Waals surface area contributed by atoms with Gasteiger partial charge in [-0.05, 0) is 31.2 Å². The monoisotopic (exact) mass is 390 g/mol. The zero-order valence-corrected chi connectivity index (χ0v) is 16.0. The lowest BCUT2D eigenvalue weighted by atomic mass is 10.1. The maximum Gasteiger partial charge on any atom is 0.157 e. The highest BCUT2D eigenvalue weighted by Crippen LogP contribution is 2.38. The maximum absolute atomic E-state index is 6.26. The van der Waals surface area contributed by atoms with E-state index in [2.05, 4.69) is 20.3 Å². The van der Waals surface area contributed by atoms with Crippen molar-refractivity contribution < 1.29 is 4.42 Å². The molecule has 0 bridgehead atoms. The Morgan fingerprint density at radius 1 is 1.00 bits per heavy atom. The SMILES string of the molecule is CCNc1cocc1Sc1nc(-c2cccnc2)c(-c2cccnc2)nc1N. The molecule has 0 radical (unpaired) electrons. The fourth-order valence-electron chi connectivity index (χ4n) is 2.70. The standard InChI is InChI=1S/C20H18N6OS/c1-2-24-15-11-27-12-16(15)28-20-19(21)25-17(13-5-3-7-22-9-13)18(26-20)14-6-4-8-23-10-14/h3-12,24H,2H2,1H3,(H2,21,25). The lowest BCUT2D eigenvalue weighted by Gasteiger charge is -2.12. The molecule has 0 saturated heterocycles. The van der Waals surface area contributed by atoms with E-state index >= 15 is 0 Å². The third-order valence-corrected chi connectivity index (χ3v) is 4.99. The van der Waals surface area contributed by atoms with Gasteiger partial charge in [0.1, 0.15) is 23.2 Å². The highest BCUT2D eigenvalue weighted by molar-refractivity contribution is 7.99. The number of nitrogens with zero attached hydrogens (tertiary/aromatic N) is 4. The minimum atomic E-state index is 0.347. The maximum atomic E-state index is 6.26. The normalized spacial score (nSPS) is 10.8. The number of furan rings is 1. The van der Waals surface area contributed by atoms with Crippen LogP contribution < -0.4 is 11.1 Å². The molecule has 3 N–H and O–H groups in total. The number of nitrogens with two attached hydrogens (primary N) is 1. The molecule has 4 heterocycles. The largest absolute Gasteiger partial charge is 0.469 e. The zero-order chi connectivity index (χ0) is 19.3. The molecule has 0 unspecified atom stereocenters. The average molecular weight is 390 g/mol. The van der Waals surface area contributed by atoms with Crippen LogP contribution in [0, 0.1) is 0 Å². The van der Waals surface area contributed by atoms with Crippen molar-refractivity contribution in [2.75, 3.05) is 17.6 Å². The van der Waals surface area contributed by atoms with Gasteiger partial charge in [0.25, 0.3) is 0 Å². The quantitative estimate of drug-likeness (QED) is 0.501. The fraction of sp³-hybridized carbons (Fsp3) is 0.100. The smallest absolute Gasteiger partial charge is 0.157 e. The molecule has 0 saturated carbocycles. The van der Waals surface area contributed by atoms with E-state index in [-0.39, 0.29) is 0 Å². The molecule has 0 fully saturated rings. The van der Waals surface area contributed by atoms with Crippen molar-refractivity contribution >= 4 is 23.3 Å². The van der Waals surface area contributed by atoms with Crippen LogP contribution in [-0.4, -0.2) is 26.5 Å². The Morgan fingerprint density at radius 3 is 2.29 bits per heavy atom. The van der Waals surface area contributed by atoms with Crippen LogP contribution in [0.1, 0.15) is 6.92 Å². The van der Waals surface area contributed by atoms with Gasteiger partial charge in [-0.1, -0.05) is 11.8 Å². The van der Waals surface area contributed by atoms with Crippen LogP contribution in [0.5, 0.6) is 0 Å². The Balaban J connectivity index is 1.82. The van der Waals surface area contributed by atoms with E-state index in [1.807, 2.05) is 31.2 Å². The summed E-state index contributed by atoms with van der Waals surface area (Å²) in [5.41, 5.74) is 10.2. The molecule has 0 atom stereocenters. The third kappa shape index (κ3) is 3.67. The molecular formula is C20H18N6OS. The van der Waals surface area contributed by atoms with Gasteiger partial charge in [0.2, 0.25) is 0 Å². The average Bonchev–Trinajstić information content (AvgIpc) is 3.17. The number of rotatable bonds is 6. The molecule has 0 aliphatic carbocycles. The van der Waals surface area contributed by atoms with Gasteiger partial charge in [0.05, 0.1) is 16.3 Å². The molecule has 7 nitrogen and oxygen atoms in total. The predicted molar refractivity (Wildman–Crippen MR) is 110 cm³/mol. The summed E-state index contributed by atoms with van der Waals surface area (Å²) >= 11 is 1.41. The molecule has 28 heavy (non-hydrogen) atoms. The lowest BCUT2D eigenvalue weighted by Crippen LogP contribution is -2.02. The summed E-state index contributed by atoms with van der Waals surface area (Å²) in [7, 11) is 0. The van der Waals surface area contributed by atoms with E-state index in [0.717, 1.165) is 28.3 Å². The molecular weight excluding hydrogens is 372 g/mol. The second kappa shape index (κ2) is 8.10. The highest BCUT2D eigenvalue weighted by Gasteiger charge is 2.18. The molecule has 4 aromatic rings. The van der Waals surface area contributed by atoms with Gasteiger partial charge in [-0.25, -0.2) is 9.97 Å². The summed E-state index contributed by atoms with van der Waals surface area (Å²) in [4.78, 5) is 18.8. The van der Waals surface area contributed by atoms with Gasteiger partial charge in [-0.2, -0.15) is 0 Å². The minimum absolute atomic E-state index is 0.347. The number of hydrogen-bond acceptors (Lipinski definition) is 8. The van der Waals surface area contributed by atoms with Gasteiger partial charge in [-0.15, -0.1) is 0 Å². The Hall–Kier alpha value is -3.39. The Bertz CT molecular complexity index is 1070. The van der Waals surface area contributed by atoms with Crippen molar-refractivity contribution in [3.8, 4) is 22.5 Å². The van der Waals surface area contributed by atoms with Crippen LogP contribution in [0.15, 0.2) is 75.9 Å². The van der Waals surface area contributed by atoms with Crippen molar-refractivity contribution in [1.29, 1.82) is 0 Å². The van der Waals surface area contributed by atoms with Crippen LogP contribution in [0.3, 0.4) is 0 Å². The molecule has 140 valence electrons. The van der Waals surface area contributed by atoms with E-state index in [1.165, 1.54) is 11.8 Å². The molecule has 0 aliphatic rings. The number of nitrogen functional groups attached to an aromatic ring is 1. The van der Waals surface area contributed by atoms with Gasteiger partial charge < -0.3 is 15.5 Å². The molecule has 0 aliphatic heterocycles. The number of hydrogen-bond donors (Lipinski definition) is 2. The first kappa shape index (κ1) is 18.0. The molecule has 0 amide bonds. The van der Waals surface area contributed by atoms with Crippen LogP contribution in [-0.2, 0) is 0 Å². The summed E-state index contributed by atoms with van der Waals surface area (Å²) in [5, 5.41) is 3.86. The van der Waals surface area contributed by atoms with Crippen molar-refractivity contribution in [3.63, 3.8) is 0 Å². The van der Waals surface area contributed by atoms with Gasteiger partial charge >= 0.3 is 0 Å². The second-order valence-corrected chi connectivity index (χ2v) is 6.91. The highest BCUT2D eigenvalue weighted by atomic mass is 32.2.